The van der Waals surface area contributed by atoms with E-state index in [0.717, 1.165) is 17.7 Å². The molecule has 214 valence electrons. The van der Waals surface area contributed by atoms with Gasteiger partial charge in [-0.05, 0) is 53.6 Å². The fraction of sp³-hybridized carbons (Fsp3) is 0.370. The van der Waals surface area contributed by atoms with Crippen molar-refractivity contribution in [3.63, 3.8) is 0 Å². The van der Waals surface area contributed by atoms with Gasteiger partial charge in [-0.25, -0.2) is 14.4 Å². The molecule has 40 heavy (non-hydrogen) atoms. The SMILES string of the molecule is C=CCN1C(=O)N[C@@H](c2ccsc2)C(C(=O)OCC)=C1CN1CCN(C(=O)Nc2ccc(C(F)(F)F)cc2)CC1. The van der Waals surface area contributed by atoms with Crippen LogP contribution in [-0.2, 0) is 15.7 Å². The third-order valence-corrected chi connectivity index (χ3v) is 7.32. The van der Waals surface area contributed by atoms with Crippen molar-refractivity contribution < 1.29 is 32.3 Å². The van der Waals surface area contributed by atoms with Gasteiger partial charge in [0.25, 0.3) is 0 Å². The summed E-state index contributed by atoms with van der Waals surface area (Å²) in [5, 5.41) is 9.29. The second kappa shape index (κ2) is 12.6. The second-order valence-corrected chi connectivity index (χ2v) is 9.97. The zero-order chi connectivity index (χ0) is 28.9. The summed E-state index contributed by atoms with van der Waals surface area (Å²) >= 11 is 1.46. The highest BCUT2D eigenvalue weighted by molar-refractivity contribution is 7.08. The lowest BCUT2D eigenvalue weighted by molar-refractivity contribution is -0.139. The lowest BCUT2D eigenvalue weighted by Crippen LogP contribution is -2.54. The maximum atomic E-state index is 13.2. The van der Waals surface area contributed by atoms with Gasteiger partial charge in [-0.1, -0.05) is 6.08 Å². The number of anilines is 1. The quantitative estimate of drug-likeness (QED) is 0.351. The molecule has 2 N–H and O–H groups in total. The zero-order valence-corrected chi connectivity index (χ0v) is 22.7. The molecule has 0 aliphatic carbocycles. The van der Waals surface area contributed by atoms with E-state index in [1.807, 2.05) is 21.7 Å². The molecule has 1 aromatic heterocycles. The van der Waals surface area contributed by atoms with Crippen molar-refractivity contribution in [3.8, 4) is 0 Å². The number of nitrogens with one attached hydrogen (secondary N) is 2. The molecule has 3 heterocycles. The van der Waals surface area contributed by atoms with Crippen molar-refractivity contribution in [2.24, 2.45) is 0 Å². The van der Waals surface area contributed by atoms with Crippen molar-refractivity contribution in [1.29, 1.82) is 0 Å². The van der Waals surface area contributed by atoms with Crippen LogP contribution >= 0.6 is 11.3 Å². The summed E-state index contributed by atoms with van der Waals surface area (Å²) in [5.74, 6) is -0.516. The number of esters is 1. The zero-order valence-electron chi connectivity index (χ0n) is 21.9. The summed E-state index contributed by atoms with van der Waals surface area (Å²) in [6.07, 6.45) is -2.87. The molecule has 0 saturated carbocycles. The molecular weight excluding hydrogens is 547 g/mol. The Morgan fingerprint density at radius 3 is 2.45 bits per heavy atom. The average Bonchev–Trinajstić information content (AvgIpc) is 3.46. The first-order valence-corrected chi connectivity index (χ1v) is 13.6. The maximum absolute atomic E-state index is 13.2. The van der Waals surface area contributed by atoms with Gasteiger partial charge in [-0.15, -0.1) is 6.58 Å². The van der Waals surface area contributed by atoms with Crippen molar-refractivity contribution in [2.75, 3.05) is 51.2 Å². The highest BCUT2D eigenvalue weighted by Gasteiger charge is 2.39. The van der Waals surface area contributed by atoms with E-state index < -0.39 is 29.8 Å². The van der Waals surface area contributed by atoms with E-state index in [9.17, 15) is 27.6 Å². The van der Waals surface area contributed by atoms with Gasteiger partial charge >= 0.3 is 24.2 Å². The summed E-state index contributed by atoms with van der Waals surface area (Å²) < 4.78 is 43.8. The van der Waals surface area contributed by atoms with E-state index >= 15 is 0 Å². The number of amides is 4. The Kier molecular flexibility index (Phi) is 9.15. The minimum absolute atomic E-state index is 0.175. The topological polar surface area (TPSA) is 94.2 Å². The van der Waals surface area contributed by atoms with Crippen LogP contribution in [0, 0.1) is 0 Å². The van der Waals surface area contributed by atoms with Crippen LogP contribution in [0.3, 0.4) is 0 Å². The number of hydrogen-bond acceptors (Lipinski definition) is 6. The number of benzene rings is 1. The van der Waals surface area contributed by atoms with Gasteiger partial charge in [0.05, 0.1) is 23.8 Å². The minimum atomic E-state index is -4.45. The van der Waals surface area contributed by atoms with Crippen LogP contribution in [0.25, 0.3) is 0 Å². The molecule has 2 aliphatic rings. The number of ether oxygens (including phenoxy) is 1. The summed E-state index contributed by atoms with van der Waals surface area (Å²) in [5.41, 5.74) is 1.11. The Labute approximate surface area is 233 Å². The van der Waals surface area contributed by atoms with Crippen LogP contribution in [-0.4, -0.2) is 78.6 Å². The molecule has 0 unspecified atom stereocenters. The number of alkyl halides is 3. The fourth-order valence-electron chi connectivity index (χ4n) is 4.60. The number of thiophene rings is 1. The molecule has 2 aliphatic heterocycles. The molecule has 0 bridgehead atoms. The van der Waals surface area contributed by atoms with E-state index in [2.05, 4.69) is 17.2 Å². The van der Waals surface area contributed by atoms with Gasteiger partial charge < -0.3 is 20.3 Å². The number of nitrogens with zero attached hydrogens (tertiary/aromatic N) is 3. The highest BCUT2D eigenvalue weighted by Crippen LogP contribution is 2.33. The molecule has 0 spiro atoms. The maximum Gasteiger partial charge on any atom is 0.416 e. The Morgan fingerprint density at radius 2 is 1.88 bits per heavy atom. The van der Waals surface area contributed by atoms with Crippen LogP contribution in [0.4, 0.5) is 28.4 Å². The van der Waals surface area contributed by atoms with E-state index in [0.29, 0.717) is 37.4 Å². The van der Waals surface area contributed by atoms with Crippen molar-refractivity contribution in [3.05, 3.63) is 76.1 Å². The summed E-state index contributed by atoms with van der Waals surface area (Å²) in [6, 6.07) is 4.68. The van der Waals surface area contributed by atoms with Crippen molar-refractivity contribution in [2.45, 2.75) is 19.1 Å². The van der Waals surface area contributed by atoms with E-state index in [-0.39, 0.29) is 31.4 Å². The van der Waals surface area contributed by atoms with Crippen LogP contribution < -0.4 is 10.6 Å². The third-order valence-electron chi connectivity index (χ3n) is 6.62. The van der Waals surface area contributed by atoms with Crippen LogP contribution in [0.2, 0.25) is 0 Å². The van der Waals surface area contributed by atoms with Gasteiger partial charge in [0.1, 0.15) is 0 Å². The number of urea groups is 2. The molecule has 13 heteroatoms. The molecule has 4 amide bonds. The third kappa shape index (κ3) is 6.65. The average molecular weight is 578 g/mol. The number of halogens is 3. The molecule has 1 atom stereocenters. The number of rotatable bonds is 8. The fourth-order valence-corrected chi connectivity index (χ4v) is 5.29. The smallest absolute Gasteiger partial charge is 0.416 e. The van der Waals surface area contributed by atoms with Crippen LogP contribution in [0.5, 0.6) is 0 Å². The Morgan fingerprint density at radius 1 is 1.18 bits per heavy atom. The number of carbonyl (C=O) groups excluding carboxylic acids is 3. The Hall–Kier alpha value is -3.84. The molecule has 9 nitrogen and oxygen atoms in total. The molecule has 1 fully saturated rings. The normalized spacial score (nSPS) is 18.4. The lowest BCUT2D eigenvalue weighted by Gasteiger charge is -2.40. The summed E-state index contributed by atoms with van der Waals surface area (Å²) in [7, 11) is 0. The van der Waals surface area contributed by atoms with Crippen molar-refractivity contribution >= 4 is 35.1 Å². The summed E-state index contributed by atoms with van der Waals surface area (Å²) in [6.45, 7) is 7.69. The molecule has 2 aromatic rings. The first-order chi connectivity index (χ1) is 19.1. The predicted octanol–water partition coefficient (Wildman–Crippen LogP) is 4.69. The molecule has 1 aromatic carbocycles. The molecular formula is C27H30F3N5O4S. The Balaban J connectivity index is 1.48. The standard InChI is InChI=1S/C27H30F3N5O4S/c1-3-10-35-21(22(24(36)39-4-2)23(32-26(35)38)18-9-15-40-17-18)16-33-11-13-34(14-12-33)25(37)31-20-7-5-19(6-8-20)27(28,29)30/h3,5-9,15,17,23H,1,4,10-14,16H2,2H3,(H,31,37)(H,32,38)/t23-/m0/s1. The monoisotopic (exact) mass is 577 g/mol. The highest BCUT2D eigenvalue weighted by atomic mass is 32.1. The first kappa shape index (κ1) is 29.2. The number of carbonyl (C=O) groups is 3. The summed E-state index contributed by atoms with van der Waals surface area (Å²) in [4.78, 5) is 44.1. The largest absolute Gasteiger partial charge is 0.463 e. The Bertz CT molecular complexity index is 1260. The van der Waals surface area contributed by atoms with Crippen LogP contribution in [0.1, 0.15) is 24.1 Å². The van der Waals surface area contributed by atoms with E-state index in [4.69, 9.17) is 4.74 Å². The van der Waals surface area contributed by atoms with Gasteiger partial charge in [0, 0.05) is 50.7 Å². The molecule has 4 rings (SSSR count). The van der Waals surface area contributed by atoms with E-state index in [1.165, 1.54) is 28.4 Å². The second-order valence-electron chi connectivity index (χ2n) is 9.19. The van der Waals surface area contributed by atoms with Gasteiger partial charge in [0.15, 0.2) is 0 Å². The van der Waals surface area contributed by atoms with Gasteiger partial charge in [-0.3, -0.25) is 9.80 Å². The number of hydrogen-bond donors (Lipinski definition) is 2. The minimum Gasteiger partial charge on any atom is -0.463 e. The number of piperazine rings is 1. The molecule has 0 radical (unpaired) electrons. The van der Waals surface area contributed by atoms with Gasteiger partial charge in [-0.2, -0.15) is 24.5 Å². The lowest BCUT2D eigenvalue weighted by atomic mass is 9.96. The van der Waals surface area contributed by atoms with Crippen LogP contribution in [0.15, 0.2) is 65.0 Å². The molecule has 1 saturated heterocycles. The first-order valence-electron chi connectivity index (χ1n) is 12.7. The predicted molar refractivity (Wildman–Crippen MR) is 145 cm³/mol. The van der Waals surface area contributed by atoms with Crippen molar-refractivity contribution in [1.82, 2.24) is 20.0 Å². The van der Waals surface area contributed by atoms with E-state index in [1.54, 1.807) is 17.9 Å². The van der Waals surface area contributed by atoms with Gasteiger partial charge in [0.2, 0.25) is 0 Å².